The van der Waals surface area contributed by atoms with Crippen molar-refractivity contribution in [2.75, 3.05) is 26.7 Å². The lowest BCUT2D eigenvalue weighted by Gasteiger charge is -2.21. The highest BCUT2D eigenvalue weighted by molar-refractivity contribution is 7.89. The molecule has 0 saturated carbocycles. The molecule has 3 rings (SSSR count). The number of hydrogen-bond acceptors (Lipinski definition) is 4. The number of aromatic nitrogens is 1. The highest BCUT2D eigenvalue weighted by Crippen LogP contribution is 2.20. The van der Waals surface area contributed by atoms with E-state index in [9.17, 15) is 8.42 Å². The first kappa shape index (κ1) is 22.3. The van der Waals surface area contributed by atoms with E-state index in [-0.39, 0.29) is 11.4 Å². The highest BCUT2D eigenvalue weighted by Gasteiger charge is 2.29. The molecule has 2 aromatic rings. The fraction of sp³-hybridized carbons (Fsp3) is 0.476. The maximum Gasteiger partial charge on any atom is 0.242 e. The monoisotopic (exact) mass is 432 g/mol. The molecule has 0 spiro atoms. The van der Waals surface area contributed by atoms with Crippen LogP contribution in [0.3, 0.4) is 0 Å². The Morgan fingerprint density at radius 2 is 1.97 bits per heavy atom. The fourth-order valence-corrected chi connectivity index (χ4v) is 4.80. The van der Waals surface area contributed by atoms with Gasteiger partial charge in [-0.05, 0) is 25.0 Å². The van der Waals surface area contributed by atoms with E-state index in [1.807, 2.05) is 6.07 Å². The molecule has 30 heavy (non-hydrogen) atoms. The SMILES string of the molecule is CN=C(NCCNS(=O)(=O)c1ccn(C)c1)NC1CC(C)N(Cc2ccccc2)C1. The van der Waals surface area contributed by atoms with Crippen LogP contribution in [0.25, 0.3) is 0 Å². The van der Waals surface area contributed by atoms with Gasteiger partial charge in [0.1, 0.15) is 0 Å². The summed E-state index contributed by atoms with van der Waals surface area (Å²) in [7, 11) is 0.0299. The van der Waals surface area contributed by atoms with Gasteiger partial charge < -0.3 is 15.2 Å². The molecule has 1 saturated heterocycles. The summed E-state index contributed by atoms with van der Waals surface area (Å²) in [4.78, 5) is 7.01. The molecule has 8 nitrogen and oxygen atoms in total. The summed E-state index contributed by atoms with van der Waals surface area (Å²) in [6.45, 7) is 4.85. The molecule has 0 radical (unpaired) electrons. The molecule has 0 amide bonds. The van der Waals surface area contributed by atoms with Crippen LogP contribution < -0.4 is 15.4 Å². The average Bonchev–Trinajstić information content (AvgIpc) is 3.31. The van der Waals surface area contributed by atoms with Crippen molar-refractivity contribution in [3.63, 3.8) is 0 Å². The Morgan fingerprint density at radius 1 is 1.20 bits per heavy atom. The Morgan fingerprint density at radius 3 is 2.63 bits per heavy atom. The van der Waals surface area contributed by atoms with Gasteiger partial charge in [0.15, 0.2) is 5.96 Å². The van der Waals surface area contributed by atoms with Crippen molar-refractivity contribution in [1.82, 2.24) is 24.8 Å². The van der Waals surface area contributed by atoms with Gasteiger partial charge in [-0.2, -0.15) is 0 Å². The highest BCUT2D eigenvalue weighted by atomic mass is 32.2. The minimum Gasteiger partial charge on any atom is -0.356 e. The predicted octanol–water partition coefficient (Wildman–Crippen LogP) is 1.13. The summed E-state index contributed by atoms with van der Waals surface area (Å²) < 4.78 is 28.8. The quantitative estimate of drug-likeness (QED) is 0.331. The third kappa shape index (κ3) is 6.07. The largest absolute Gasteiger partial charge is 0.356 e. The number of benzene rings is 1. The van der Waals surface area contributed by atoms with Crippen molar-refractivity contribution in [3.8, 4) is 0 Å². The minimum atomic E-state index is -3.49. The molecular formula is C21H32N6O2S. The summed E-state index contributed by atoms with van der Waals surface area (Å²) in [6, 6.07) is 12.9. The molecule has 1 aliphatic heterocycles. The first-order valence-electron chi connectivity index (χ1n) is 10.2. The Balaban J connectivity index is 1.42. The first-order chi connectivity index (χ1) is 14.4. The number of likely N-dealkylation sites (tertiary alicyclic amines) is 1. The number of aryl methyl sites for hydroxylation is 1. The number of nitrogens with one attached hydrogen (secondary N) is 3. The Hall–Kier alpha value is -2.36. The van der Waals surface area contributed by atoms with Crippen LogP contribution in [0, 0.1) is 0 Å². The Kier molecular flexibility index (Phi) is 7.52. The zero-order valence-corrected chi connectivity index (χ0v) is 18.7. The van der Waals surface area contributed by atoms with Crippen molar-refractivity contribution in [2.45, 2.75) is 36.9 Å². The second-order valence-electron chi connectivity index (χ2n) is 7.75. The molecular weight excluding hydrogens is 400 g/mol. The molecule has 2 unspecified atom stereocenters. The lowest BCUT2D eigenvalue weighted by atomic mass is 10.2. The van der Waals surface area contributed by atoms with Crippen molar-refractivity contribution in [3.05, 3.63) is 54.4 Å². The van der Waals surface area contributed by atoms with E-state index in [0.29, 0.717) is 24.6 Å². The predicted molar refractivity (Wildman–Crippen MR) is 120 cm³/mol. The van der Waals surface area contributed by atoms with Gasteiger partial charge in [-0.1, -0.05) is 30.3 Å². The third-order valence-electron chi connectivity index (χ3n) is 5.32. The lowest BCUT2D eigenvalue weighted by Crippen LogP contribution is -2.46. The zero-order valence-electron chi connectivity index (χ0n) is 17.9. The normalized spacial score (nSPS) is 20.4. The average molecular weight is 433 g/mol. The molecule has 2 atom stereocenters. The summed E-state index contributed by atoms with van der Waals surface area (Å²) in [5.74, 6) is 0.688. The number of sulfonamides is 1. The van der Waals surface area contributed by atoms with Crippen LogP contribution in [0.4, 0.5) is 0 Å². The molecule has 1 fully saturated rings. The smallest absolute Gasteiger partial charge is 0.242 e. The second-order valence-corrected chi connectivity index (χ2v) is 9.52. The number of rotatable bonds is 8. The van der Waals surface area contributed by atoms with E-state index in [2.05, 4.69) is 56.4 Å². The second kappa shape index (κ2) is 10.1. The minimum absolute atomic E-state index is 0.269. The van der Waals surface area contributed by atoms with Crippen molar-refractivity contribution in [2.24, 2.45) is 12.0 Å². The molecule has 1 aliphatic rings. The summed E-state index contributed by atoms with van der Waals surface area (Å²) in [6.07, 6.45) is 4.33. The van der Waals surface area contributed by atoms with E-state index in [1.165, 1.54) is 5.56 Å². The molecule has 1 aromatic carbocycles. The Bertz CT molecular complexity index is 941. The van der Waals surface area contributed by atoms with Gasteiger partial charge in [0.05, 0.1) is 4.90 Å². The van der Waals surface area contributed by atoms with Crippen molar-refractivity contribution >= 4 is 16.0 Å². The molecule has 9 heteroatoms. The Labute approximate surface area is 179 Å². The van der Waals surface area contributed by atoms with Crippen LogP contribution in [0.5, 0.6) is 0 Å². The van der Waals surface area contributed by atoms with Gasteiger partial charge in [-0.25, -0.2) is 13.1 Å². The van der Waals surface area contributed by atoms with Crippen molar-refractivity contribution in [1.29, 1.82) is 0 Å². The van der Waals surface area contributed by atoms with Crippen LogP contribution in [-0.4, -0.2) is 62.6 Å². The van der Waals surface area contributed by atoms with Crippen LogP contribution in [0.15, 0.2) is 58.7 Å². The number of aliphatic imine (C=N–C) groups is 1. The molecule has 3 N–H and O–H groups in total. The van der Waals surface area contributed by atoms with Crippen LogP contribution in [0.1, 0.15) is 18.9 Å². The van der Waals surface area contributed by atoms with Gasteiger partial charge >= 0.3 is 0 Å². The lowest BCUT2D eigenvalue weighted by molar-refractivity contribution is 0.258. The summed E-state index contributed by atoms with van der Waals surface area (Å²) in [5, 5.41) is 6.65. The molecule has 0 bridgehead atoms. The van der Waals surface area contributed by atoms with E-state index >= 15 is 0 Å². The van der Waals surface area contributed by atoms with E-state index < -0.39 is 10.0 Å². The fourth-order valence-electron chi connectivity index (χ4n) is 3.72. The van der Waals surface area contributed by atoms with Crippen LogP contribution in [-0.2, 0) is 23.6 Å². The van der Waals surface area contributed by atoms with Crippen LogP contribution >= 0.6 is 0 Å². The summed E-state index contributed by atoms with van der Waals surface area (Å²) in [5.41, 5.74) is 1.32. The molecule has 164 valence electrons. The maximum absolute atomic E-state index is 12.3. The topological polar surface area (TPSA) is 90.8 Å². The molecule has 2 heterocycles. The van der Waals surface area contributed by atoms with E-state index in [1.54, 1.807) is 37.1 Å². The van der Waals surface area contributed by atoms with Gasteiger partial charge in [0, 0.05) is 64.8 Å². The van der Waals surface area contributed by atoms with Gasteiger partial charge in [0.2, 0.25) is 10.0 Å². The molecule has 1 aromatic heterocycles. The van der Waals surface area contributed by atoms with Gasteiger partial charge in [-0.3, -0.25) is 9.89 Å². The van der Waals surface area contributed by atoms with Crippen molar-refractivity contribution < 1.29 is 8.42 Å². The van der Waals surface area contributed by atoms with E-state index in [4.69, 9.17) is 0 Å². The molecule has 0 aliphatic carbocycles. The first-order valence-corrected chi connectivity index (χ1v) is 11.7. The third-order valence-corrected chi connectivity index (χ3v) is 6.77. The van der Waals surface area contributed by atoms with Gasteiger partial charge in [0.25, 0.3) is 0 Å². The number of hydrogen-bond donors (Lipinski definition) is 3. The van der Waals surface area contributed by atoms with Crippen LogP contribution in [0.2, 0.25) is 0 Å². The number of nitrogens with zero attached hydrogens (tertiary/aromatic N) is 3. The van der Waals surface area contributed by atoms with Gasteiger partial charge in [-0.15, -0.1) is 0 Å². The summed E-state index contributed by atoms with van der Waals surface area (Å²) >= 11 is 0. The number of guanidine groups is 1. The maximum atomic E-state index is 12.3. The zero-order chi connectivity index (χ0) is 21.6. The van der Waals surface area contributed by atoms with E-state index in [0.717, 1.165) is 19.5 Å². The standard InChI is InChI=1S/C21H32N6O2S/c1-17-13-19(15-27(17)14-18-7-5-4-6-8-18)25-21(22-2)23-10-11-24-30(28,29)20-9-12-26(3)16-20/h4-9,12,16-17,19,24H,10-11,13-15H2,1-3H3,(H2,22,23,25).